The van der Waals surface area contributed by atoms with Crippen molar-refractivity contribution in [1.82, 2.24) is 5.32 Å². The van der Waals surface area contributed by atoms with Crippen molar-refractivity contribution in [3.8, 4) is 0 Å². The minimum atomic E-state index is -0.904. The summed E-state index contributed by atoms with van der Waals surface area (Å²) >= 11 is 6.03. The van der Waals surface area contributed by atoms with E-state index in [-0.39, 0.29) is 17.9 Å². The number of anilines is 1. The lowest BCUT2D eigenvalue weighted by Crippen LogP contribution is -2.42. The van der Waals surface area contributed by atoms with Gasteiger partial charge >= 0.3 is 0 Å². The molecule has 1 saturated carbocycles. The molecular weight excluding hydrogens is 276 g/mol. The molecule has 1 aromatic rings. The summed E-state index contributed by atoms with van der Waals surface area (Å²) < 4.78 is 0. The van der Waals surface area contributed by atoms with E-state index >= 15 is 0 Å². The lowest BCUT2D eigenvalue weighted by Gasteiger charge is -2.18. The third kappa shape index (κ3) is 2.80. The van der Waals surface area contributed by atoms with Crippen molar-refractivity contribution in [2.24, 2.45) is 5.41 Å². The molecule has 4 nitrogen and oxygen atoms in total. The SMILES string of the molecule is Cc1c(Cl)cccc1NC(=O)C1(C(=O)NC(C)C)CC1. The summed E-state index contributed by atoms with van der Waals surface area (Å²) in [5.74, 6) is -0.439. The fourth-order valence-corrected chi connectivity index (χ4v) is 2.24. The zero-order chi connectivity index (χ0) is 14.9. The maximum atomic E-state index is 12.4. The van der Waals surface area contributed by atoms with Gasteiger partial charge in [0.15, 0.2) is 0 Å². The molecule has 5 heteroatoms. The Bertz CT molecular complexity index is 551. The second-order valence-corrected chi connectivity index (χ2v) is 5.98. The quantitative estimate of drug-likeness (QED) is 0.839. The number of benzene rings is 1. The molecule has 0 aliphatic heterocycles. The summed E-state index contributed by atoms with van der Waals surface area (Å²) in [5.41, 5.74) is 0.563. The normalized spacial score (nSPS) is 15.8. The van der Waals surface area contributed by atoms with Gasteiger partial charge in [0.05, 0.1) is 0 Å². The van der Waals surface area contributed by atoms with Crippen LogP contribution in [0.4, 0.5) is 5.69 Å². The first-order valence-electron chi connectivity index (χ1n) is 6.74. The Morgan fingerprint density at radius 1 is 1.25 bits per heavy atom. The summed E-state index contributed by atoms with van der Waals surface area (Å²) in [6, 6.07) is 5.36. The van der Waals surface area contributed by atoms with Gasteiger partial charge in [0, 0.05) is 16.8 Å². The Balaban J connectivity index is 2.12. The number of carbonyl (C=O) groups excluding carboxylic acids is 2. The first-order valence-corrected chi connectivity index (χ1v) is 7.12. The highest BCUT2D eigenvalue weighted by Crippen LogP contribution is 2.47. The average molecular weight is 295 g/mol. The minimum absolute atomic E-state index is 0.0284. The molecule has 1 aromatic carbocycles. The minimum Gasteiger partial charge on any atom is -0.353 e. The molecule has 0 saturated heterocycles. The standard InChI is InChI=1S/C15H19ClN2O2/c1-9(2)17-13(19)15(7-8-15)14(20)18-12-6-4-5-11(16)10(12)3/h4-6,9H,7-8H2,1-3H3,(H,17,19)(H,18,20). The first-order chi connectivity index (χ1) is 9.36. The van der Waals surface area contributed by atoms with Gasteiger partial charge in [0.2, 0.25) is 11.8 Å². The molecule has 0 heterocycles. The molecule has 0 spiro atoms. The van der Waals surface area contributed by atoms with E-state index in [1.807, 2.05) is 20.8 Å². The molecule has 1 aliphatic carbocycles. The van der Waals surface area contributed by atoms with Crippen LogP contribution in [-0.2, 0) is 9.59 Å². The molecule has 20 heavy (non-hydrogen) atoms. The molecule has 0 atom stereocenters. The van der Waals surface area contributed by atoms with Crippen molar-refractivity contribution in [3.05, 3.63) is 28.8 Å². The molecule has 0 radical (unpaired) electrons. The zero-order valence-electron chi connectivity index (χ0n) is 11.9. The van der Waals surface area contributed by atoms with E-state index in [0.717, 1.165) is 5.56 Å². The van der Waals surface area contributed by atoms with Gasteiger partial charge in [-0.2, -0.15) is 0 Å². The van der Waals surface area contributed by atoms with Gasteiger partial charge in [-0.3, -0.25) is 9.59 Å². The van der Waals surface area contributed by atoms with Crippen molar-refractivity contribution in [1.29, 1.82) is 0 Å². The molecule has 0 unspecified atom stereocenters. The van der Waals surface area contributed by atoms with Crippen LogP contribution in [-0.4, -0.2) is 17.9 Å². The van der Waals surface area contributed by atoms with E-state index < -0.39 is 5.41 Å². The van der Waals surface area contributed by atoms with E-state index in [1.54, 1.807) is 18.2 Å². The van der Waals surface area contributed by atoms with Gasteiger partial charge in [0.25, 0.3) is 0 Å². The summed E-state index contributed by atoms with van der Waals surface area (Å²) in [4.78, 5) is 24.5. The predicted octanol–water partition coefficient (Wildman–Crippen LogP) is 2.89. The van der Waals surface area contributed by atoms with Gasteiger partial charge in [-0.15, -0.1) is 0 Å². The lowest BCUT2D eigenvalue weighted by molar-refractivity contribution is -0.134. The highest BCUT2D eigenvalue weighted by molar-refractivity contribution is 6.31. The number of rotatable bonds is 4. The van der Waals surface area contributed by atoms with Crippen LogP contribution in [0, 0.1) is 12.3 Å². The van der Waals surface area contributed by atoms with Gasteiger partial charge in [0.1, 0.15) is 5.41 Å². The number of amides is 2. The Hall–Kier alpha value is -1.55. The largest absolute Gasteiger partial charge is 0.353 e. The van der Waals surface area contributed by atoms with Crippen molar-refractivity contribution in [3.63, 3.8) is 0 Å². The number of hydrogen-bond donors (Lipinski definition) is 2. The number of carbonyl (C=O) groups is 2. The van der Waals surface area contributed by atoms with Gasteiger partial charge in [-0.05, 0) is 51.3 Å². The Morgan fingerprint density at radius 3 is 2.45 bits per heavy atom. The summed E-state index contributed by atoms with van der Waals surface area (Å²) in [7, 11) is 0. The molecular formula is C15H19ClN2O2. The molecule has 108 valence electrons. The average Bonchev–Trinajstić information content (AvgIpc) is 3.15. The molecule has 2 amide bonds. The predicted molar refractivity (Wildman–Crippen MR) is 79.8 cm³/mol. The van der Waals surface area contributed by atoms with E-state index in [4.69, 9.17) is 11.6 Å². The van der Waals surface area contributed by atoms with Crippen molar-refractivity contribution >= 4 is 29.1 Å². The smallest absolute Gasteiger partial charge is 0.240 e. The van der Waals surface area contributed by atoms with Crippen LogP contribution >= 0.6 is 11.6 Å². The number of halogens is 1. The second-order valence-electron chi connectivity index (χ2n) is 5.58. The van der Waals surface area contributed by atoms with Crippen molar-refractivity contribution < 1.29 is 9.59 Å². The number of hydrogen-bond acceptors (Lipinski definition) is 2. The Morgan fingerprint density at radius 2 is 1.90 bits per heavy atom. The molecule has 2 N–H and O–H groups in total. The third-order valence-corrected chi connectivity index (χ3v) is 3.96. The summed E-state index contributed by atoms with van der Waals surface area (Å²) in [5, 5.41) is 6.23. The van der Waals surface area contributed by atoms with E-state index in [1.165, 1.54) is 0 Å². The third-order valence-electron chi connectivity index (χ3n) is 3.55. The zero-order valence-corrected chi connectivity index (χ0v) is 12.7. The van der Waals surface area contributed by atoms with E-state index in [0.29, 0.717) is 23.6 Å². The fraction of sp³-hybridized carbons (Fsp3) is 0.467. The summed E-state index contributed by atoms with van der Waals surface area (Å²) in [6.07, 6.45) is 1.19. The van der Waals surface area contributed by atoms with Crippen LogP contribution in [0.5, 0.6) is 0 Å². The van der Waals surface area contributed by atoms with Crippen LogP contribution < -0.4 is 10.6 Å². The Labute approximate surface area is 123 Å². The summed E-state index contributed by atoms with van der Waals surface area (Å²) in [6.45, 7) is 5.60. The van der Waals surface area contributed by atoms with Crippen LogP contribution in [0.25, 0.3) is 0 Å². The molecule has 0 bridgehead atoms. The van der Waals surface area contributed by atoms with Crippen molar-refractivity contribution in [2.45, 2.75) is 39.7 Å². The monoisotopic (exact) mass is 294 g/mol. The number of nitrogens with one attached hydrogen (secondary N) is 2. The van der Waals surface area contributed by atoms with Gasteiger partial charge < -0.3 is 10.6 Å². The molecule has 0 aromatic heterocycles. The van der Waals surface area contributed by atoms with Crippen molar-refractivity contribution in [2.75, 3.05) is 5.32 Å². The first kappa shape index (κ1) is 14.9. The van der Waals surface area contributed by atoms with Crippen LogP contribution in [0.15, 0.2) is 18.2 Å². The molecule has 2 rings (SSSR count). The Kier molecular flexibility index (Phi) is 4.04. The van der Waals surface area contributed by atoms with Crippen LogP contribution in [0.2, 0.25) is 5.02 Å². The molecule has 1 aliphatic rings. The van der Waals surface area contributed by atoms with Crippen LogP contribution in [0.1, 0.15) is 32.3 Å². The molecule has 1 fully saturated rings. The van der Waals surface area contributed by atoms with Gasteiger partial charge in [-0.1, -0.05) is 17.7 Å². The van der Waals surface area contributed by atoms with E-state index in [2.05, 4.69) is 10.6 Å². The van der Waals surface area contributed by atoms with E-state index in [9.17, 15) is 9.59 Å². The lowest BCUT2D eigenvalue weighted by atomic mass is 10.0. The topological polar surface area (TPSA) is 58.2 Å². The highest BCUT2D eigenvalue weighted by atomic mass is 35.5. The van der Waals surface area contributed by atoms with Gasteiger partial charge in [-0.25, -0.2) is 0 Å². The fourth-order valence-electron chi connectivity index (χ4n) is 2.07. The maximum Gasteiger partial charge on any atom is 0.240 e. The second kappa shape index (κ2) is 5.44. The van der Waals surface area contributed by atoms with Crippen LogP contribution in [0.3, 0.4) is 0 Å². The maximum absolute atomic E-state index is 12.4. The highest BCUT2D eigenvalue weighted by Gasteiger charge is 2.56.